The van der Waals surface area contributed by atoms with Crippen molar-refractivity contribution < 1.29 is 19.5 Å². The molecule has 0 saturated heterocycles. The Balaban J connectivity index is 1.60. The predicted octanol–water partition coefficient (Wildman–Crippen LogP) is 3.09. The van der Waals surface area contributed by atoms with Crippen molar-refractivity contribution in [1.82, 2.24) is 19.9 Å². The lowest BCUT2D eigenvalue weighted by molar-refractivity contribution is -0.142. The second-order valence-electron chi connectivity index (χ2n) is 8.70. The highest BCUT2D eigenvalue weighted by molar-refractivity contribution is 5.98. The van der Waals surface area contributed by atoms with Crippen molar-refractivity contribution >= 4 is 28.7 Å². The molecular weight excluding hydrogens is 436 g/mol. The number of aliphatic carboxylic acids is 1. The van der Waals surface area contributed by atoms with Gasteiger partial charge in [-0.3, -0.25) is 19.2 Å². The molecule has 0 fully saturated rings. The first-order valence-electron chi connectivity index (χ1n) is 11.2. The fourth-order valence-electron chi connectivity index (χ4n) is 3.57. The molecule has 9 heteroatoms. The van der Waals surface area contributed by atoms with E-state index >= 15 is 0 Å². The average molecular weight is 465 g/mol. The van der Waals surface area contributed by atoms with Gasteiger partial charge in [0.05, 0.1) is 17.8 Å². The molecule has 2 heterocycles. The van der Waals surface area contributed by atoms with Crippen molar-refractivity contribution in [3.63, 3.8) is 0 Å². The van der Waals surface area contributed by atoms with Crippen LogP contribution in [0.3, 0.4) is 0 Å². The van der Waals surface area contributed by atoms with E-state index in [1.165, 1.54) is 0 Å². The second-order valence-corrected chi connectivity index (χ2v) is 8.70. The first-order chi connectivity index (χ1) is 16.1. The van der Waals surface area contributed by atoms with Gasteiger partial charge >= 0.3 is 5.97 Å². The number of carbonyl (C=O) groups excluding carboxylic acids is 2. The highest BCUT2D eigenvalue weighted by atomic mass is 16.4. The second kappa shape index (κ2) is 10.9. The minimum absolute atomic E-state index is 0.00450. The molecule has 1 unspecified atom stereocenters. The molecule has 0 aliphatic rings. The van der Waals surface area contributed by atoms with E-state index < -0.39 is 11.9 Å². The Bertz CT molecular complexity index is 1260. The van der Waals surface area contributed by atoms with E-state index in [-0.39, 0.29) is 47.8 Å². The van der Waals surface area contributed by atoms with Gasteiger partial charge < -0.3 is 10.1 Å². The van der Waals surface area contributed by atoms with Crippen molar-refractivity contribution in [2.45, 2.75) is 52.9 Å². The summed E-state index contributed by atoms with van der Waals surface area (Å²) in [6, 6.07) is 6.99. The van der Waals surface area contributed by atoms with Gasteiger partial charge in [-0.2, -0.15) is 0 Å². The van der Waals surface area contributed by atoms with Gasteiger partial charge in [0.2, 0.25) is 0 Å². The van der Waals surface area contributed by atoms with Gasteiger partial charge in [0.1, 0.15) is 11.6 Å². The van der Waals surface area contributed by atoms with Crippen LogP contribution in [0.5, 0.6) is 0 Å². The molecule has 34 heavy (non-hydrogen) atoms. The number of Topliss-reactive ketones (excluding diaryl/α,β-unsaturated/α-hetero) is 2. The van der Waals surface area contributed by atoms with E-state index in [2.05, 4.69) is 19.9 Å². The molecule has 3 rings (SSSR count). The largest absolute Gasteiger partial charge is 0.481 e. The molecule has 0 saturated carbocycles. The minimum Gasteiger partial charge on any atom is -0.481 e. The van der Waals surface area contributed by atoms with E-state index in [1.54, 1.807) is 39.1 Å². The van der Waals surface area contributed by atoms with Crippen molar-refractivity contribution in [2.75, 3.05) is 0 Å². The van der Waals surface area contributed by atoms with E-state index in [9.17, 15) is 24.3 Å². The maximum atomic E-state index is 12.6. The first-order valence-corrected chi connectivity index (χ1v) is 11.2. The summed E-state index contributed by atoms with van der Waals surface area (Å²) < 4.78 is 0. The summed E-state index contributed by atoms with van der Waals surface area (Å²) >= 11 is 0. The summed E-state index contributed by atoms with van der Waals surface area (Å²) in [7, 11) is 0. The predicted molar refractivity (Wildman–Crippen MR) is 126 cm³/mol. The number of carboxylic acids is 1. The number of aromatic nitrogens is 4. The number of benzene rings is 1. The van der Waals surface area contributed by atoms with Crippen LogP contribution >= 0.6 is 0 Å². The van der Waals surface area contributed by atoms with Gasteiger partial charge in [-0.25, -0.2) is 15.0 Å². The molecule has 0 radical (unpaired) electrons. The maximum absolute atomic E-state index is 12.6. The molecule has 3 aromatic rings. The van der Waals surface area contributed by atoms with E-state index in [1.807, 2.05) is 12.1 Å². The standard InChI is InChI=1S/C25H28N4O5/c1-14(2)20(30)11-9-18(25(33)34)12-21(31)17-7-4-16(5-8-17)6-10-19-13-26-23-22(29-19)24(32)28-15(3)27-23/h4-5,7-8,13-14,18H,6,9-12H2,1-3H3,(H,33,34)(H,26,27,28,32). The topological polar surface area (TPSA) is 143 Å². The Labute approximate surface area is 196 Å². The van der Waals surface area contributed by atoms with Crippen LogP contribution < -0.4 is 5.56 Å². The summed E-state index contributed by atoms with van der Waals surface area (Å²) in [6.45, 7) is 5.23. The number of fused-ring (bicyclic) bond motifs is 1. The van der Waals surface area contributed by atoms with Crippen LogP contribution in [0.4, 0.5) is 0 Å². The number of nitrogens with zero attached hydrogens (tertiary/aromatic N) is 3. The lowest BCUT2D eigenvalue weighted by Gasteiger charge is -2.12. The Morgan fingerprint density at radius 1 is 1.06 bits per heavy atom. The number of hydrogen-bond acceptors (Lipinski definition) is 7. The summed E-state index contributed by atoms with van der Waals surface area (Å²) in [5, 5.41) is 9.44. The quantitative estimate of drug-likeness (QED) is 0.412. The van der Waals surface area contributed by atoms with E-state index in [0.29, 0.717) is 35.6 Å². The van der Waals surface area contributed by atoms with Gasteiger partial charge in [-0.05, 0) is 31.7 Å². The molecule has 2 aromatic heterocycles. The summed E-state index contributed by atoms with van der Waals surface area (Å²) in [4.78, 5) is 63.4. The minimum atomic E-state index is -1.07. The number of aromatic amines is 1. The molecule has 1 atom stereocenters. The fourth-order valence-corrected chi connectivity index (χ4v) is 3.57. The van der Waals surface area contributed by atoms with Gasteiger partial charge in [0.25, 0.3) is 5.56 Å². The number of nitrogens with one attached hydrogen (secondary N) is 1. The van der Waals surface area contributed by atoms with Gasteiger partial charge in [-0.15, -0.1) is 0 Å². The number of H-pyrrole nitrogens is 1. The molecule has 1 aromatic carbocycles. The van der Waals surface area contributed by atoms with Gasteiger partial charge in [0, 0.05) is 24.3 Å². The van der Waals surface area contributed by atoms with Crippen LogP contribution in [0, 0.1) is 18.8 Å². The van der Waals surface area contributed by atoms with Crippen molar-refractivity contribution in [2.24, 2.45) is 11.8 Å². The number of rotatable bonds is 11. The van der Waals surface area contributed by atoms with Crippen molar-refractivity contribution in [3.8, 4) is 0 Å². The number of aryl methyl sites for hydroxylation is 3. The molecular formula is C25H28N4O5. The highest BCUT2D eigenvalue weighted by Crippen LogP contribution is 2.18. The SMILES string of the molecule is Cc1nc2ncc(CCc3ccc(C(=O)CC(CCC(=O)C(C)C)C(=O)O)cc3)nc2c(=O)[nH]1. The molecule has 0 aliphatic heterocycles. The number of carbonyl (C=O) groups is 3. The molecule has 0 aliphatic carbocycles. The normalized spacial score (nSPS) is 12.1. The van der Waals surface area contributed by atoms with Crippen LogP contribution in [0.1, 0.15) is 60.5 Å². The van der Waals surface area contributed by atoms with E-state index in [0.717, 1.165) is 5.56 Å². The number of carboxylic acid groups (broad SMARTS) is 1. The highest BCUT2D eigenvalue weighted by Gasteiger charge is 2.23. The van der Waals surface area contributed by atoms with Crippen LogP contribution in [-0.2, 0) is 22.4 Å². The van der Waals surface area contributed by atoms with Crippen LogP contribution in [0.25, 0.3) is 11.2 Å². The number of ketones is 2. The lowest BCUT2D eigenvalue weighted by atomic mass is 9.91. The molecule has 0 spiro atoms. The van der Waals surface area contributed by atoms with Crippen molar-refractivity contribution in [1.29, 1.82) is 0 Å². The van der Waals surface area contributed by atoms with E-state index in [4.69, 9.17) is 0 Å². The number of hydrogen-bond donors (Lipinski definition) is 2. The Hall–Kier alpha value is -3.75. The summed E-state index contributed by atoms with van der Waals surface area (Å²) in [5.74, 6) is -1.90. The molecule has 0 amide bonds. The van der Waals surface area contributed by atoms with Gasteiger partial charge in [0.15, 0.2) is 16.9 Å². The zero-order chi connectivity index (χ0) is 24.8. The fraction of sp³-hybridized carbons (Fsp3) is 0.400. The Morgan fingerprint density at radius 2 is 1.76 bits per heavy atom. The van der Waals surface area contributed by atoms with Gasteiger partial charge in [-0.1, -0.05) is 38.1 Å². The van der Waals surface area contributed by atoms with Crippen LogP contribution in [0.2, 0.25) is 0 Å². The van der Waals surface area contributed by atoms with Crippen LogP contribution in [-0.4, -0.2) is 42.6 Å². The summed E-state index contributed by atoms with van der Waals surface area (Å²) in [5.41, 5.74) is 2.24. The average Bonchev–Trinajstić information content (AvgIpc) is 2.80. The zero-order valence-corrected chi connectivity index (χ0v) is 19.5. The Kier molecular flexibility index (Phi) is 7.99. The van der Waals surface area contributed by atoms with Crippen molar-refractivity contribution in [3.05, 3.63) is 63.5 Å². The third-order valence-electron chi connectivity index (χ3n) is 5.70. The third kappa shape index (κ3) is 6.40. The smallest absolute Gasteiger partial charge is 0.306 e. The molecule has 9 nitrogen and oxygen atoms in total. The third-order valence-corrected chi connectivity index (χ3v) is 5.70. The zero-order valence-electron chi connectivity index (χ0n) is 19.5. The Morgan fingerprint density at radius 3 is 2.41 bits per heavy atom. The molecule has 2 N–H and O–H groups in total. The lowest BCUT2D eigenvalue weighted by Crippen LogP contribution is -2.20. The molecule has 178 valence electrons. The molecule has 0 bridgehead atoms. The first kappa shape index (κ1) is 24.9. The van der Waals surface area contributed by atoms with Crippen LogP contribution in [0.15, 0.2) is 35.3 Å². The maximum Gasteiger partial charge on any atom is 0.306 e. The monoisotopic (exact) mass is 464 g/mol. The summed E-state index contributed by atoms with van der Waals surface area (Å²) in [6.07, 6.45) is 2.94.